The van der Waals surface area contributed by atoms with E-state index in [1.807, 2.05) is 13.1 Å². The maximum Gasteiger partial charge on any atom is 0.306 e. The summed E-state index contributed by atoms with van der Waals surface area (Å²) in [4.78, 5) is 13.3. The van der Waals surface area contributed by atoms with Crippen molar-refractivity contribution in [1.82, 2.24) is 4.72 Å². The summed E-state index contributed by atoms with van der Waals surface area (Å²) in [7, 11) is -1.57. The van der Waals surface area contributed by atoms with Crippen LogP contribution in [0.15, 0.2) is 23.1 Å². The van der Waals surface area contributed by atoms with Crippen LogP contribution in [0.25, 0.3) is 0 Å². The Hall–Kier alpha value is -1.60. The van der Waals surface area contributed by atoms with Crippen molar-refractivity contribution in [3.8, 4) is 0 Å². The molecule has 2 fully saturated rings. The molecule has 0 saturated heterocycles. The number of anilines is 1. The fraction of sp³-hybridized carbons (Fsp3) is 0.588. The molecule has 0 radical (unpaired) electrons. The molecule has 7 heteroatoms. The number of fused-ring (bicyclic) bond motifs is 1. The number of rotatable bonds is 5. The number of carboxylic acids is 1. The Morgan fingerprint density at radius 1 is 1.29 bits per heavy atom. The molecule has 6 nitrogen and oxygen atoms in total. The first-order valence-electron chi connectivity index (χ1n) is 8.46. The Bertz CT molecular complexity index is 792. The SMILES string of the molecule is CN1CCCc2ccc(S(=O)(=O)N[C@@H]3C[C@@H]3[C@@H]3C[C@@H]3C(=O)O)cc21. The minimum atomic E-state index is -3.55. The van der Waals surface area contributed by atoms with E-state index < -0.39 is 16.0 Å². The number of sulfonamides is 1. The second-order valence-corrected chi connectivity index (χ2v) is 9.00. The standard InChI is InChI=1S/C17H22N2O4S/c1-19-6-2-3-10-4-5-11(7-16(10)19)24(22,23)18-15-9-13(15)12-8-14(12)17(20)21/h4-5,7,12-15,18H,2-3,6,8-9H2,1H3,(H,20,21)/t12-,13+,14-,15+/m0/s1. The van der Waals surface area contributed by atoms with Crippen molar-refractivity contribution in [3.05, 3.63) is 23.8 Å². The number of carboxylic acid groups (broad SMARTS) is 1. The highest BCUT2D eigenvalue weighted by molar-refractivity contribution is 7.89. The van der Waals surface area contributed by atoms with Gasteiger partial charge in [0.15, 0.2) is 0 Å². The van der Waals surface area contributed by atoms with Gasteiger partial charge in [0.25, 0.3) is 0 Å². The van der Waals surface area contributed by atoms with E-state index in [0.29, 0.717) is 11.3 Å². The monoisotopic (exact) mass is 350 g/mol. The van der Waals surface area contributed by atoms with Gasteiger partial charge in [-0.1, -0.05) is 6.07 Å². The van der Waals surface area contributed by atoms with Crippen molar-refractivity contribution in [1.29, 1.82) is 0 Å². The predicted molar refractivity (Wildman–Crippen MR) is 89.5 cm³/mol. The maximum absolute atomic E-state index is 12.6. The topological polar surface area (TPSA) is 86.7 Å². The molecule has 0 spiro atoms. The highest BCUT2D eigenvalue weighted by Crippen LogP contribution is 2.54. The molecule has 3 aliphatic rings. The number of carbonyl (C=O) groups is 1. The lowest BCUT2D eigenvalue weighted by Crippen LogP contribution is -2.29. The molecule has 1 aliphatic heterocycles. The van der Waals surface area contributed by atoms with Gasteiger partial charge in [-0.15, -0.1) is 0 Å². The lowest BCUT2D eigenvalue weighted by atomic mass is 10.0. The zero-order chi connectivity index (χ0) is 17.1. The first-order chi connectivity index (χ1) is 11.4. The average Bonchev–Trinajstić information content (AvgIpc) is 3.40. The second kappa shape index (κ2) is 5.46. The van der Waals surface area contributed by atoms with E-state index in [1.54, 1.807) is 12.1 Å². The van der Waals surface area contributed by atoms with Gasteiger partial charge in [0, 0.05) is 25.3 Å². The zero-order valence-corrected chi connectivity index (χ0v) is 14.4. The van der Waals surface area contributed by atoms with Gasteiger partial charge in [0.1, 0.15) is 0 Å². The van der Waals surface area contributed by atoms with E-state index in [1.165, 1.54) is 5.56 Å². The van der Waals surface area contributed by atoms with Crippen LogP contribution in [0.1, 0.15) is 24.8 Å². The van der Waals surface area contributed by atoms with Crippen molar-refractivity contribution in [3.63, 3.8) is 0 Å². The summed E-state index contributed by atoms with van der Waals surface area (Å²) in [6.07, 6.45) is 3.50. The Labute approximate surface area is 141 Å². The minimum Gasteiger partial charge on any atom is -0.481 e. The summed E-state index contributed by atoms with van der Waals surface area (Å²) in [6.45, 7) is 0.937. The fourth-order valence-corrected chi connectivity index (χ4v) is 5.29. The van der Waals surface area contributed by atoms with Crippen LogP contribution in [0, 0.1) is 17.8 Å². The fourth-order valence-electron chi connectivity index (χ4n) is 3.97. The van der Waals surface area contributed by atoms with Crippen LogP contribution in [0.5, 0.6) is 0 Å². The largest absolute Gasteiger partial charge is 0.481 e. The average molecular weight is 350 g/mol. The number of hydrogen-bond acceptors (Lipinski definition) is 4. The molecule has 4 rings (SSSR count). The van der Waals surface area contributed by atoms with Gasteiger partial charge in [-0.05, 0) is 55.2 Å². The molecule has 1 aromatic rings. The summed E-state index contributed by atoms with van der Waals surface area (Å²) in [6, 6.07) is 5.23. The number of nitrogens with zero attached hydrogens (tertiary/aromatic N) is 1. The molecule has 24 heavy (non-hydrogen) atoms. The summed E-state index contributed by atoms with van der Waals surface area (Å²) < 4.78 is 28.0. The van der Waals surface area contributed by atoms with Crippen LogP contribution < -0.4 is 9.62 Å². The third-order valence-electron chi connectivity index (χ3n) is 5.57. The Kier molecular flexibility index (Phi) is 3.61. The Morgan fingerprint density at radius 2 is 2.08 bits per heavy atom. The predicted octanol–water partition coefficient (Wildman–Crippen LogP) is 1.46. The van der Waals surface area contributed by atoms with Crippen molar-refractivity contribution in [2.45, 2.75) is 36.6 Å². The van der Waals surface area contributed by atoms with Crippen molar-refractivity contribution in [2.24, 2.45) is 17.8 Å². The molecule has 2 saturated carbocycles. The van der Waals surface area contributed by atoms with Crippen LogP contribution in [0.2, 0.25) is 0 Å². The van der Waals surface area contributed by atoms with Gasteiger partial charge in [-0.3, -0.25) is 4.79 Å². The summed E-state index contributed by atoms with van der Waals surface area (Å²) in [5.74, 6) is -0.709. The summed E-state index contributed by atoms with van der Waals surface area (Å²) in [5.41, 5.74) is 2.18. The van der Waals surface area contributed by atoms with Crippen LogP contribution in [-0.4, -0.2) is 39.1 Å². The molecule has 2 aliphatic carbocycles. The summed E-state index contributed by atoms with van der Waals surface area (Å²) >= 11 is 0. The van der Waals surface area contributed by atoms with Crippen LogP contribution in [0.4, 0.5) is 5.69 Å². The number of hydrogen-bond donors (Lipinski definition) is 2. The second-order valence-electron chi connectivity index (χ2n) is 7.29. The molecule has 4 atom stereocenters. The van der Waals surface area contributed by atoms with Gasteiger partial charge >= 0.3 is 5.97 Å². The first kappa shape index (κ1) is 15.9. The van der Waals surface area contributed by atoms with Gasteiger partial charge in [-0.25, -0.2) is 13.1 Å². The third kappa shape index (κ3) is 2.80. The molecule has 0 unspecified atom stereocenters. The molecule has 0 aromatic heterocycles. The quantitative estimate of drug-likeness (QED) is 0.839. The third-order valence-corrected chi connectivity index (χ3v) is 7.06. The molecule has 0 bridgehead atoms. The highest BCUT2D eigenvalue weighted by Gasteiger charge is 2.57. The van der Waals surface area contributed by atoms with E-state index in [2.05, 4.69) is 9.62 Å². The van der Waals surface area contributed by atoms with Gasteiger partial charge in [0.2, 0.25) is 10.0 Å². The van der Waals surface area contributed by atoms with E-state index in [-0.39, 0.29) is 23.8 Å². The van der Waals surface area contributed by atoms with Crippen molar-refractivity contribution >= 4 is 21.7 Å². The lowest BCUT2D eigenvalue weighted by Gasteiger charge is -2.27. The molecule has 0 amide bonds. The molecule has 2 N–H and O–H groups in total. The van der Waals surface area contributed by atoms with Crippen LogP contribution in [-0.2, 0) is 21.2 Å². The maximum atomic E-state index is 12.6. The van der Waals surface area contributed by atoms with Crippen molar-refractivity contribution < 1.29 is 18.3 Å². The molecule has 1 heterocycles. The molecule has 1 aromatic carbocycles. The molecular weight excluding hydrogens is 328 g/mol. The first-order valence-corrected chi connectivity index (χ1v) is 9.94. The minimum absolute atomic E-state index is 0.113. The van der Waals surface area contributed by atoms with Gasteiger partial charge in [-0.2, -0.15) is 0 Å². The Balaban J connectivity index is 1.46. The van der Waals surface area contributed by atoms with Gasteiger partial charge < -0.3 is 10.0 Å². The number of aryl methyl sites for hydroxylation is 1. The molecule has 130 valence electrons. The lowest BCUT2D eigenvalue weighted by molar-refractivity contribution is -0.138. The van der Waals surface area contributed by atoms with Crippen molar-refractivity contribution in [2.75, 3.05) is 18.5 Å². The number of benzene rings is 1. The molecular formula is C17H22N2O4S. The van der Waals surface area contributed by atoms with E-state index in [9.17, 15) is 13.2 Å². The summed E-state index contributed by atoms with van der Waals surface area (Å²) in [5, 5.41) is 8.99. The van der Waals surface area contributed by atoms with Gasteiger partial charge in [0.05, 0.1) is 10.8 Å². The van der Waals surface area contributed by atoms with Crippen LogP contribution in [0.3, 0.4) is 0 Å². The van der Waals surface area contributed by atoms with E-state index in [4.69, 9.17) is 5.11 Å². The highest BCUT2D eigenvalue weighted by atomic mass is 32.2. The van der Waals surface area contributed by atoms with Crippen LogP contribution >= 0.6 is 0 Å². The zero-order valence-electron chi connectivity index (χ0n) is 13.6. The number of nitrogens with one attached hydrogen (secondary N) is 1. The number of aliphatic carboxylic acids is 1. The Morgan fingerprint density at radius 3 is 2.79 bits per heavy atom. The van der Waals surface area contributed by atoms with E-state index >= 15 is 0 Å². The van der Waals surface area contributed by atoms with E-state index in [0.717, 1.165) is 31.5 Å². The smallest absolute Gasteiger partial charge is 0.306 e. The normalized spacial score (nSPS) is 31.5.